The fourth-order valence-corrected chi connectivity index (χ4v) is 3.02. The number of carbonyl (C=O) groups is 2. The van der Waals surface area contributed by atoms with Crippen molar-refractivity contribution >= 4 is 22.0 Å². The van der Waals surface area contributed by atoms with Gasteiger partial charge in [0.15, 0.2) is 0 Å². The zero-order valence-electron chi connectivity index (χ0n) is 12.4. The van der Waals surface area contributed by atoms with Gasteiger partial charge in [0.1, 0.15) is 6.54 Å². The second-order valence-corrected chi connectivity index (χ2v) is 7.59. The van der Waals surface area contributed by atoms with Crippen molar-refractivity contribution in [3.05, 3.63) is 0 Å². The maximum atomic E-state index is 12.1. The van der Waals surface area contributed by atoms with Crippen LogP contribution < -0.4 is 5.32 Å². The quantitative estimate of drug-likeness (QED) is 0.682. The first-order valence-electron chi connectivity index (χ1n) is 6.90. The van der Waals surface area contributed by atoms with E-state index in [9.17, 15) is 18.0 Å². The van der Waals surface area contributed by atoms with Crippen LogP contribution in [0.1, 0.15) is 25.7 Å². The molecule has 8 nitrogen and oxygen atoms in total. The van der Waals surface area contributed by atoms with E-state index in [-0.39, 0.29) is 24.9 Å². The highest BCUT2D eigenvalue weighted by molar-refractivity contribution is 7.89. The normalized spacial score (nSPS) is 16.1. The van der Waals surface area contributed by atoms with Crippen LogP contribution in [0.5, 0.6) is 0 Å². The molecule has 1 rings (SSSR count). The van der Waals surface area contributed by atoms with Crippen molar-refractivity contribution in [1.82, 2.24) is 14.5 Å². The molecular formula is C12H23N3O5S. The van der Waals surface area contributed by atoms with Crippen LogP contribution in [0.25, 0.3) is 0 Å². The number of rotatable bonds is 7. The van der Waals surface area contributed by atoms with Gasteiger partial charge in [-0.3, -0.25) is 4.79 Å². The molecule has 21 heavy (non-hydrogen) atoms. The van der Waals surface area contributed by atoms with Crippen LogP contribution in [0.2, 0.25) is 0 Å². The van der Waals surface area contributed by atoms with Crippen LogP contribution in [-0.4, -0.2) is 73.7 Å². The molecule has 0 atom stereocenters. The second kappa shape index (κ2) is 7.60. The van der Waals surface area contributed by atoms with E-state index in [2.05, 4.69) is 5.32 Å². The Morgan fingerprint density at radius 3 is 2.29 bits per heavy atom. The number of carboxylic acid groups (broad SMARTS) is 1. The Labute approximate surface area is 125 Å². The van der Waals surface area contributed by atoms with Gasteiger partial charge < -0.3 is 15.3 Å². The molecule has 0 heterocycles. The Bertz CT molecular complexity index is 471. The fraction of sp³-hybridized carbons (Fsp3) is 0.833. The molecule has 2 amide bonds. The molecule has 1 aliphatic rings. The van der Waals surface area contributed by atoms with Crippen molar-refractivity contribution < 1.29 is 23.1 Å². The lowest BCUT2D eigenvalue weighted by molar-refractivity contribution is -0.138. The fourth-order valence-electron chi connectivity index (χ4n) is 2.30. The highest BCUT2D eigenvalue weighted by atomic mass is 32.2. The van der Waals surface area contributed by atoms with Crippen molar-refractivity contribution in [1.29, 1.82) is 0 Å². The molecule has 0 saturated heterocycles. The van der Waals surface area contributed by atoms with Crippen molar-refractivity contribution in [3.63, 3.8) is 0 Å². The third-order valence-electron chi connectivity index (χ3n) is 3.52. The highest BCUT2D eigenvalue weighted by Gasteiger charge is 2.28. The summed E-state index contributed by atoms with van der Waals surface area (Å²) >= 11 is 0. The summed E-state index contributed by atoms with van der Waals surface area (Å²) in [4.78, 5) is 24.2. The maximum absolute atomic E-state index is 12.1. The predicted octanol–water partition coefficient (Wildman–Crippen LogP) is -0.0834. The molecule has 0 aromatic carbocycles. The average molecular weight is 321 g/mol. The smallest absolute Gasteiger partial charge is 0.323 e. The summed E-state index contributed by atoms with van der Waals surface area (Å²) in [5.74, 6) is -1.28. The van der Waals surface area contributed by atoms with Crippen LogP contribution in [0, 0.1) is 0 Å². The van der Waals surface area contributed by atoms with E-state index in [1.165, 1.54) is 19.0 Å². The summed E-state index contributed by atoms with van der Waals surface area (Å²) in [6, 6.07) is -0.593. The Balaban J connectivity index is 2.54. The summed E-state index contributed by atoms with van der Waals surface area (Å²) in [6.45, 7) is -0.404. The van der Waals surface area contributed by atoms with E-state index >= 15 is 0 Å². The van der Waals surface area contributed by atoms with Crippen molar-refractivity contribution in [2.75, 3.05) is 32.9 Å². The largest absolute Gasteiger partial charge is 0.480 e. The Morgan fingerprint density at radius 1 is 1.24 bits per heavy atom. The number of nitrogens with zero attached hydrogens (tertiary/aromatic N) is 2. The van der Waals surface area contributed by atoms with Crippen molar-refractivity contribution in [3.8, 4) is 0 Å². The van der Waals surface area contributed by atoms with Crippen LogP contribution in [0.4, 0.5) is 4.79 Å². The van der Waals surface area contributed by atoms with Crippen LogP contribution >= 0.6 is 0 Å². The van der Waals surface area contributed by atoms with E-state index in [1.807, 2.05) is 0 Å². The lowest BCUT2D eigenvalue weighted by atomic mass is 10.2. The number of carboxylic acids is 1. The van der Waals surface area contributed by atoms with Gasteiger partial charge in [-0.05, 0) is 12.8 Å². The number of hydrogen-bond acceptors (Lipinski definition) is 4. The summed E-state index contributed by atoms with van der Waals surface area (Å²) in [5.41, 5.74) is 0. The molecule has 0 bridgehead atoms. The first-order valence-corrected chi connectivity index (χ1v) is 8.51. The SMILES string of the molecule is CN(C)S(=O)(=O)CCNC(=O)N(CC(=O)O)C1CCCC1. The number of aliphatic carboxylic acids is 1. The molecule has 0 unspecified atom stereocenters. The monoisotopic (exact) mass is 321 g/mol. The average Bonchev–Trinajstić information content (AvgIpc) is 2.88. The molecule has 1 saturated carbocycles. The number of nitrogens with one attached hydrogen (secondary N) is 1. The summed E-state index contributed by atoms with van der Waals surface area (Å²) in [5, 5.41) is 11.4. The molecular weight excluding hydrogens is 298 g/mol. The third kappa shape index (κ3) is 5.50. The Hall–Kier alpha value is -1.35. The van der Waals surface area contributed by atoms with Gasteiger partial charge in [-0.25, -0.2) is 17.5 Å². The van der Waals surface area contributed by atoms with Crippen LogP contribution in [0.3, 0.4) is 0 Å². The molecule has 0 aromatic rings. The van der Waals surface area contributed by atoms with Gasteiger partial charge in [-0.2, -0.15) is 0 Å². The van der Waals surface area contributed by atoms with Gasteiger partial charge in [0.2, 0.25) is 10.0 Å². The first-order chi connectivity index (χ1) is 9.74. The number of urea groups is 1. The standard InChI is InChI=1S/C12H23N3O5S/c1-14(2)21(19,20)8-7-13-12(18)15(9-11(16)17)10-5-3-4-6-10/h10H,3-9H2,1-2H3,(H,13,18)(H,16,17). The zero-order chi connectivity index (χ0) is 16.0. The third-order valence-corrected chi connectivity index (χ3v) is 5.36. The minimum absolute atomic E-state index is 0.0395. The van der Waals surface area contributed by atoms with E-state index in [0.717, 1.165) is 30.0 Å². The molecule has 0 aliphatic heterocycles. The molecule has 1 fully saturated rings. The minimum atomic E-state index is -3.38. The molecule has 2 N–H and O–H groups in total. The highest BCUT2D eigenvalue weighted by Crippen LogP contribution is 2.23. The lowest BCUT2D eigenvalue weighted by Crippen LogP contribution is -2.48. The minimum Gasteiger partial charge on any atom is -0.480 e. The van der Waals surface area contributed by atoms with Gasteiger partial charge in [-0.1, -0.05) is 12.8 Å². The number of amides is 2. The molecule has 9 heteroatoms. The van der Waals surface area contributed by atoms with Gasteiger partial charge in [0.05, 0.1) is 5.75 Å². The maximum Gasteiger partial charge on any atom is 0.323 e. The van der Waals surface area contributed by atoms with Crippen LogP contribution in [-0.2, 0) is 14.8 Å². The van der Waals surface area contributed by atoms with Gasteiger partial charge in [-0.15, -0.1) is 0 Å². The summed E-state index contributed by atoms with van der Waals surface area (Å²) < 4.78 is 24.3. The second-order valence-electron chi connectivity index (χ2n) is 5.29. The van der Waals surface area contributed by atoms with Gasteiger partial charge in [0, 0.05) is 26.7 Å². The van der Waals surface area contributed by atoms with Crippen LogP contribution in [0.15, 0.2) is 0 Å². The molecule has 0 radical (unpaired) electrons. The number of carbonyl (C=O) groups excluding carboxylic acids is 1. The van der Waals surface area contributed by atoms with Crippen molar-refractivity contribution in [2.45, 2.75) is 31.7 Å². The zero-order valence-corrected chi connectivity index (χ0v) is 13.2. The predicted molar refractivity (Wildman–Crippen MR) is 77.5 cm³/mol. The lowest BCUT2D eigenvalue weighted by Gasteiger charge is -2.27. The molecule has 0 aromatic heterocycles. The number of sulfonamides is 1. The van der Waals surface area contributed by atoms with Crippen molar-refractivity contribution in [2.24, 2.45) is 0 Å². The Kier molecular flexibility index (Phi) is 6.41. The van der Waals surface area contributed by atoms with E-state index in [1.54, 1.807) is 0 Å². The molecule has 122 valence electrons. The first kappa shape index (κ1) is 17.7. The van der Waals surface area contributed by atoms with E-state index in [0.29, 0.717) is 0 Å². The summed E-state index contributed by atoms with van der Waals surface area (Å²) in [7, 11) is -0.532. The van der Waals surface area contributed by atoms with Gasteiger partial charge >= 0.3 is 12.0 Å². The van der Waals surface area contributed by atoms with E-state index < -0.39 is 22.0 Å². The Morgan fingerprint density at radius 2 is 1.81 bits per heavy atom. The topological polar surface area (TPSA) is 107 Å². The van der Waals surface area contributed by atoms with Gasteiger partial charge in [0.25, 0.3) is 0 Å². The van der Waals surface area contributed by atoms with E-state index in [4.69, 9.17) is 5.11 Å². The molecule has 0 spiro atoms. The molecule has 1 aliphatic carbocycles. The number of hydrogen-bond donors (Lipinski definition) is 2. The summed E-state index contributed by atoms with van der Waals surface area (Å²) in [6.07, 6.45) is 3.53.